The van der Waals surface area contributed by atoms with Gasteiger partial charge in [0.2, 0.25) is 0 Å². The molecule has 2 heterocycles. The van der Waals surface area contributed by atoms with E-state index in [9.17, 15) is 9.59 Å². The van der Waals surface area contributed by atoms with Gasteiger partial charge in [0.05, 0.1) is 25.9 Å². The first-order valence-electron chi connectivity index (χ1n) is 8.14. The highest BCUT2D eigenvalue weighted by atomic mass is 32.1. The van der Waals surface area contributed by atoms with Crippen molar-refractivity contribution in [1.29, 1.82) is 0 Å². The van der Waals surface area contributed by atoms with E-state index in [0.717, 1.165) is 17.0 Å². The number of nitrogens with one attached hydrogen (secondary N) is 1. The molecule has 0 bridgehead atoms. The first-order valence-corrected chi connectivity index (χ1v) is 9.02. The molecule has 8 heteroatoms. The minimum Gasteiger partial charge on any atom is -0.491 e. The van der Waals surface area contributed by atoms with Gasteiger partial charge in [0.25, 0.3) is 0 Å². The van der Waals surface area contributed by atoms with Crippen LogP contribution in [0.5, 0.6) is 5.75 Å². The summed E-state index contributed by atoms with van der Waals surface area (Å²) in [5.74, 6) is 0.326. The highest BCUT2D eigenvalue weighted by Crippen LogP contribution is 2.28. The lowest BCUT2D eigenvalue weighted by atomic mass is 10.1. The molecule has 0 saturated carbocycles. The Morgan fingerprint density at radius 2 is 2.12 bits per heavy atom. The maximum absolute atomic E-state index is 12.7. The third-order valence-corrected chi connectivity index (χ3v) is 5.00. The Labute approximate surface area is 156 Å². The highest BCUT2D eigenvalue weighted by molar-refractivity contribution is 7.12. The molecule has 0 unspecified atom stereocenters. The fourth-order valence-corrected chi connectivity index (χ4v) is 3.45. The number of ether oxygens (including phenoxy) is 2. The van der Waals surface area contributed by atoms with E-state index in [4.69, 9.17) is 9.47 Å². The van der Waals surface area contributed by atoms with Gasteiger partial charge in [-0.05, 0) is 29.6 Å². The van der Waals surface area contributed by atoms with Crippen molar-refractivity contribution < 1.29 is 19.1 Å². The molecule has 0 saturated heterocycles. The molecular formula is C18H21N3O4S. The summed E-state index contributed by atoms with van der Waals surface area (Å²) in [4.78, 5) is 28.5. The number of urea groups is 1. The first kappa shape index (κ1) is 18.1. The lowest BCUT2D eigenvalue weighted by Gasteiger charge is -2.21. The van der Waals surface area contributed by atoms with Crippen molar-refractivity contribution in [3.05, 3.63) is 40.1 Å². The van der Waals surface area contributed by atoms with E-state index < -0.39 is 5.97 Å². The van der Waals surface area contributed by atoms with Crippen LogP contribution < -0.4 is 15.0 Å². The molecule has 7 nitrogen and oxygen atoms in total. The number of thiophene rings is 1. The number of methoxy groups -OCH3 is 1. The number of anilines is 2. The molecule has 2 aromatic rings. The second kappa shape index (κ2) is 7.65. The van der Waals surface area contributed by atoms with Crippen molar-refractivity contribution in [2.24, 2.45) is 0 Å². The van der Waals surface area contributed by atoms with Crippen LogP contribution in [-0.4, -0.2) is 51.3 Å². The van der Waals surface area contributed by atoms with Gasteiger partial charge in [-0.1, -0.05) is 0 Å². The number of amides is 2. The number of esters is 1. The summed E-state index contributed by atoms with van der Waals surface area (Å²) in [5.41, 5.74) is 2.45. The Bertz CT molecular complexity index is 819. The molecule has 1 aromatic heterocycles. The number of nitrogens with zero attached hydrogens (tertiary/aromatic N) is 2. The third-order valence-electron chi connectivity index (χ3n) is 4.11. The first-order chi connectivity index (χ1) is 12.5. The van der Waals surface area contributed by atoms with Crippen molar-refractivity contribution in [2.45, 2.75) is 6.54 Å². The summed E-state index contributed by atoms with van der Waals surface area (Å²) in [6.07, 6.45) is 0. The number of carbonyl (C=O) groups is 2. The molecule has 3 rings (SSSR count). The molecule has 0 aliphatic carbocycles. The maximum atomic E-state index is 12.7. The average molecular weight is 375 g/mol. The van der Waals surface area contributed by atoms with Gasteiger partial charge in [0, 0.05) is 25.3 Å². The maximum Gasteiger partial charge on any atom is 0.350 e. The number of hydrogen-bond acceptors (Lipinski definition) is 6. The zero-order chi connectivity index (χ0) is 18.7. The number of fused-ring (bicyclic) bond motifs is 1. The fourth-order valence-electron chi connectivity index (χ4n) is 2.68. The van der Waals surface area contributed by atoms with Gasteiger partial charge in [-0.25, -0.2) is 9.59 Å². The average Bonchev–Trinajstić information content (AvgIpc) is 2.97. The Morgan fingerprint density at radius 3 is 2.85 bits per heavy atom. The van der Waals surface area contributed by atoms with Gasteiger partial charge >= 0.3 is 12.0 Å². The largest absolute Gasteiger partial charge is 0.491 e. The Kier molecular flexibility index (Phi) is 5.32. The molecule has 2 amide bonds. The Hall–Kier alpha value is -2.74. The van der Waals surface area contributed by atoms with Gasteiger partial charge in [-0.2, -0.15) is 0 Å². The molecule has 0 spiro atoms. The highest BCUT2D eigenvalue weighted by Gasteiger charge is 2.23. The molecule has 1 aliphatic rings. The van der Waals surface area contributed by atoms with Crippen LogP contribution in [-0.2, 0) is 11.3 Å². The number of hydrogen-bond donors (Lipinski definition) is 1. The molecule has 138 valence electrons. The van der Waals surface area contributed by atoms with Crippen molar-refractivity contribution in [1.82, 2.24) is 4.90 Å². The monoisotopic (exact) mass is 375 g/mol. The quantitative estimate of drug-likeness (QED) is 0.835. The fraction of sp³-hybridized carbons (Fsp3) is 0.333. The van der Waals surface area contributed by atoms with Crippen LogP contribution in [0.4, 0.5) is 16.2 Å². The SMILES string of the molecule is COC(=O)c1sccc1NC(=O)N1CCOc2ccc(N(C)C)cc2C1. The van der Waals surface area contributed by atoms with Crippen LogP contribution in [0, 0.1) is 0 Å². The van der Waals surface area contributed by atoms with E-state index in [-0.39, 0.29) is 6.03 Å². The Balaban J connectivity index is 1.77. The van der Waals surface area contributed by atoms with Crippen LogP contribution >= 0.6 is 11.3 Å². The van der Waals surface area contributed by atoms with Crippen LogP contribution in [0.3, 0.4) is 0 Å². The second-order valence-corrected chi connectivity index (χ2v) is 6.96. The predicted molar refractivity (Wildman–Crippen MR) is 101 cm³/mol. The number of carbonyl (C=O) groups excluding carboxylic acids is 2. The van der Waals surface area contributed by atoms with Crippen LogP contribution in [0.1, 0.15) is 15.2 Å². The summed E-state index contributed by atoms with van der Waals surface area (Å²) < 4.78 is 10.5. The Morgan fingerprint density at radius 1 is 1.31 bits per heavy atom. The molecule has 26 heavy (non-hydrogen) atoms. The molecule has 1 aliphatic heterocycles. The summed E-state index contributed by atoms with van der Waals surface area (Å²) in [6, 6.07) is 7.36. The molecule has 1 N–H and O–H groups in total. The topological polar surface area (TPSA) is 71.1 Å². The standard InChI is InChI=1S/C18H21N3O4S/c1-20(2)13-4-5-15-12(10-13)11-21(7-8-25-15)18(23)19-14-6-9-26-16(14)17(22)24-3/h4-6,9-10H,7-8,11H2,1-3H3,(H,19,23). The third kappa shape index (κ3) is 3.75. The van der Waals surface area contributed by atoms with E-state index in [0.29, 0.717) is 30.3 Å². The van der Waals surface area contributed by atoms with Crippen LogP contribution in [0.25, 0.3) is 0 Å². The lowest BCUT2D eigenvalue weighted by molar-refractivity contribution is 0.0607. The van der Waals surface area contributed by atoms with Crippen LogP contribution in [0.15, 0.2) is 29.6 Å². The summed E-state index contributed by atoms with van der Waals surface area (Å²) >= 11 is 1.23. The van der Waals surface area contributed by atoms with Gasteiger partial charge in [0.1, 0.15) is 17.2 Å². The zero-order valence-corrected chi connectivity index (χ0v) is 15.8. The molecule has 0 fully saturated rings. The van der Waals surface area contributed by atoms with E-state index in [1.54, 1.807) is 16.3 Å². The van der Waals surface area contributed by atoms with E-state index >= 15 is 0 Å². The molecule has 1 aromatic carbocycles. The van der Waals surface area contributed by atoms with Crippen molar-refractivity contribution in [3.8, 4) is 5.75 Å². The lowest BCUT2D eigenvalue weighted by Crippen LogP contribution is -2.36. The van der Waals surface area contributed by atoms with Gasteiger partial charge in [-0.15, -0.1) is 11.3 Å². The number of rotatable bonds is 3. The van der Waals surface area contributed by atoms with E-state index in [2.05, 4.69) is 5.32 Å². The molecule has 0 radical (unpaired) electrons. The minimum absolute atomic E-state index is 0.278. The van der Waals surface area contributed by atoms with Crippen molar-refractivity contribution in [2.75, 3.05) is 44.6 Å². The normalized spacial score (nSPS) is 13.3. The second-order valence-electron chi connectivity index (χ2n) is 6.04. The summed E-state index contributed by atoms with van der Waals surface area (Å²) in [6.45, 7) is 1.30. The van der Waals surface area contributed by atoms with Gasteiger partial charge in [-0.3, -0.25) is 0 Å². The summed E-state index contributed by atoms with van der Waals surface area (Å²) in [5, 5.41) is 4.54. The molecular weight excluding hydrogens is 354 g/mol. The van der Waals surface area contributed by atoms with Crippen molar-refractivity contribution in [3.63, 3.8) is 0 Å². The van der Waals surface area contributed by atoms with Crippen molar-refractivity contribution >= 4 is 34.7 Å². The minimum atomic E-state index is -0.463. The molecule has 0 atom stereocenters. The van der Waals surface area contributed by atoms with Gasteiger partial charge < -0.3 is 24.6 Å². The predicted octanol–water partition coefficient (Wildman–Crippen LogP) is 3.03. The van der Waals surface area contributed by atoms with Gasteiger partial charge in [0.15, 0.2) is 0 Å². The smallest absolute Gasteiger partial charge is 0.350 e. The number of benzene rings is 1. The van der Waals surface area contributed by atoms with Crippen LogP contribution in [0.2, 0.25) is 0 Å². The zero-order valence-electron chi connectivity index (χ0n) is 14.9. The van der Waals surface area contributed by atoms with E-state index in [1.165, 1.54) is 18.4 Å². The summed E-state index contributed by atoms with van der Waals surface area (Å²) in [7, 11) is 5.25. The van der Waals surface area contributed by atoms with E-state index in [1.807, 2.05) is 37.2 Å².